The molecule has 0 saturated carbocycles. The molecular weight excluding hydrogens is 697 g/mol. The molecule has 5 heterocycles. The van der Waals surface area contributed by atoms with Gasteiger partial charge in [0.2, 0.25) is 0 Å². The highest BCUT2D eigenvalue weighted by molar-refractivity contribution is 7.17. The second-order valence-corrected chi connectivity index (χ2v) is 14.5. The van der Waals surface area contributed by atoms with Gasteiger partial charge >= 0.3 is 0 Å². The van der Waals surface area contributed by atoms with Crippen LogP contribution >= 0.6 is 11.3 Å². The number of anilines is 4. The standard InChI is InChI=1S/C28H23F2N3O2S.C13H16N2O2/c1-16-6-5-8-21(29)24(16)32-27(34)26-23(30)20-14-15-33(22-9-4-3-7-19(22)25(20)36-26)28(35)17-10-12-18(31-2)13-11-17;16-8-11-2-1-5-14-12(11)15-9-13(10-15)3-6-17-7-4-13/h3-13,31H,14-15H2,1-2H3,(H,32,34);1-2,5,8H,3-4,6-7,9-10H2. The number of aryl methyl sites for hydroxylation is 1. The molecule has 272 valence electrons. The SMILES string of the molecule is CNc1ccc(C(=O)N2CCc3c(sc(C(=O)Nc4c(C)cccc4F)c3F)-c3ccccc32)cc1.O=Cc1cccnc1N1CC2(CCOCC2)C1. The molecule has 3 aromatic carbocycles. The smallest absolute Gasteiger partial charge is 0.268 e. The summed E-state index contributed by atoms with van der Waals surface area (Å²) in [5.74, 6) is -1.27. The van der Waals surface area contributed by atoms with E-state index < -0.39 is 17.5 Å². The lowest BCUT2D eigenvalue weighted by molar-refractivity contribution is -0.000497. The number of benzene rings is 3. The number of hydrogen-bond donors (Lipinski definition) is 2. The van der Waals surface area contributed by atoms with E-state index in [1.807, 2.05) is 42.5 Å². The van der Waals surface area contributed by atoms with Crippen molar-refractivity contribution in [3.63, 3.8) is 0 Å². The van der Waals surface area contributed by atoms with Gasteiger partial charge in [-0.15, -0.1) is 11.3 Å². The number of amides is 2. The van der Waals surface area contributed by atoms with Gasteiger partial charge in [0.05, 0.1) is 16.9 Å². The van der Waals surface area contributed by atoms with Crippen molar-refractivity contribution < 1.29 is 27.9 Å². The van der Waals surface area contributed by atoms with Crippen LogP contribution in [-0.2, 0) is 11.2 Å². The molecule has 53 heavy (non-hydrogen) atoms. The van der Waals surface area contributed by atoms with Crippen molar-refractivity contribution in [2.24, 2.45) is 5.41 Å². The van der Waals surface area contributed by atoms with Crippen molar-refractivity contribution >= 4 is 52.3 Å². The number of carbonyl (C=O) groups excluding carboxylic acids is 3. The first-order valence-electron chi connectivity index (χ1n) is 17.5. The van der Waals surface area contributed by atoms with Crippen LogP contribution in [0, 0.1) is 24.0 Å². The van der Waals surface area contributed by atoms with Gasteiger partial charge in [-0.25, -0.2) is 13.8 Å². The number of pyridine rings is 1. The lowest BCUT2D eigenvalue weighted by atomic mass is 9.73. The molecule has 9 nitrogen and oxygen atoms in total. The summed E-state index contributed by atoms with van der Waals surface area (Å²) in [5.41, 5.74) is 4.80. The second kappa shape index (κ2) is 15.3. The Morgan fingerprint density at radius 2 is 1.72 bits per heavy atom. The maximum atomic E-state index is 15.6. The van der Waals surface area contributed by atoms with Crippen LogP contribution in [0.25, 0.3) is 10.4 Å². The summed E-state index contributed by atoms with van der Waals surface area (Å²) in [7, 11) is 1.81. The molecule has 5 aromatic rings. The maximum Gasteiger partial charge on any atom is 0.268 e. The molecule has 1 spiro atoms. The highest BCUT2D eigenvalue weighted by Crippen LogP contribution is 2.44. The molecule has 0 bridgehead atoms. The number of aldehydes is 1. The summed E-state index contributed by atoms with van der Waals surface area (Å²) in [6, 6.07) is 22.6. The Morgan fingerprint density at radius 1 is 0.962 bits per heavy atom. The van der Waals surface area contributed by atoms with E-state index in [2.05, 4.69) is 20.5 Å². The van der Waals surface area contributed by atoms with E-state index in [9.17, 15) is 18.8 Å². The number of thiophene rings is 1. The molecule has 0 unspecified atom stereocenters. The van der Waals surface area contributed by atoms with Crippen LogP contribution in [0.5, 0.6) is 0 Å². The van der Waals surface area contributed by atoms with Gasteiger partial charge in [-0.2, -0.15) is 0 Å². The average Bonchev–Trinajstić information content (AvgIpc) is 3.41. The number of nitrogens with zero attached hydrogens (tertiary/aromatic N) is 3. The van der Waals surface area contributed by atoms with Crippen molar-refractivity contribution in [3.8, 4) is 10.4 Å². The van der Waals surface area contributed by atoms with Crippen LogP contribution in [0.4, 0.5) is 31.7 Å². The zero-order valence-corrected chi connectivity index (χ0v) is 30.3. The number of carbonyl (C=O) groups is 3. The minimum Gasteiger partial charge on any atom is -0.388 e. The first-order chi connectivity index (χ1) is 25.7. The van der Waals surface area contributed by atoms with Crippen LogP contribution in [0.3, 0.4) is 0 Å². The number of hydrogen-bond acceptors (Lipinski definition) is 8. The molecule has 2 N–H and O–H groups in total. The lowest BCUT2D eigenvalue weighted by Gasteiger charge is -2.52. The zero-order chi connectivity index (χ0) is 37.1. The fourth-order valence-electron chi connectivity index (χ4n) is 7.18. The summed E-state index contributed by atoms with van der Waals surface area (Å²) in [6.45, 7) is 5.68. The van der Waals surface area contributed by atoms with Crippen molar-refractivity contribution in [2.45, 2.75) is 26.2 Å². The monoisotopic (exact) mass is 735 g/mol. The number of para-hydroxylation sites is 2. The van der Waals surface area contributed by atoms with Gasteiger partial charge in [-0.3, -0.25) is 14.4 Å². The maximum absolute atomic E-state index is 15.6. The van der Waals surface area contributed by atoms with Crippen molar-refractivity contribution in [1.29, 1.82) is 0 Å². The van der Waals surface area contributed by atoms with E-state index in [4.69, 9.17) is 4.74 Å². The molecule has 3 aliphatic rings. The third-order valence-corrected chi connectivity index (χ3v) is 11.4. The van der Waals surface area contributed by atoms with Gasteiger partial charge in [-0.1, -0.05) is 30.3 Å². The summed E-state index contributed by atoms with van der Waals surface area (Å²) in [4.78, 5) is 46.0. The summed E-state index contributed by atoms with van der Waals surface area (Å²) >= 11 is 1.02. The molecule has 0 radical (unpaired) electrons. The zero-order valence-electron chi connectivity index (χ0n) is 29.5. The third-order valence-electron chi connectivity index (χ3n) is 10.1. The highest BCUT2D eigenvalue weighted by atomic mass is 32.1. The fourth-order valence-corrected chi connectivity index (χ4v) is 8.34. The summed E-state index contributed by atoms with van der Waals surface area (Å²) in [5, 5.41) is 5.56. The van der Waals surface area contributed by atoms with E-state index >= 15 is 4.39 Å². The van der Waals surface area contributed by atoms with Gasteiger partial charge in [0, 0.05) is 78.8 Å². The summed E-state index contributed by atoms with van der Waals surface area (Å²) in [6.07, 6.45) is 5.13. The minimum absolute atomic E-state index is 0.0342. The van der Waals surface area contributed by atoms with Crippen molar-refractivity contribution in [2.75, 3.05) is 60.3 Å². The quantitative estimate of drug-likeness (QED) is 0.170. The van der Waals surface area contributed by atoms with E-state index in [0.717, 1.165) is 68.3 Å². The Labute approximate surface area is 310 Å². The Hall–Kier alpha value is -5.46. The number of nitrogens with one attached hydrogen (secondary N) is 2. The number of fused-ring (bicyclic) bond motifs is 3. The second-order valence-electron chi connectivity index (χ2n) is 13.5. The highest BCUT2D eigenvalue weighted by Gasteiger charge is 2.44. The topological polar surface area (TPSA) is 104 Å². The van der Waals surface area contributed by atoms with Crippen LogP contribution in [0.1, 0.15) is 54.4 Å². The number of ether oxygens (including phenoxy) is 1. The van der Waals surface area contributed by atoms with Gasteiger partial charge in [0.15, 0.2) is 12.1 Å². The van der Waals surface area contributed by atoms with Crippen LogP contribution in [-0.4, -0.2) is 63.0 Å². The van der Waals surface area contributed by atoms with Gasteiger partial charge in [0.25, 0.3) is 11.8 Å². The lowest BCUT2D eigenvalue weighted by Crippen LogP contribution is -2.59. The van der Waals surface area contributed by atoms with Crippen molar-refractivity contribution in [1.82, 2.24) is 4.98 Å². The number of halogens is 2. The molecule has 8 rings (SSSR count). The molecule has 2 fully saturated rings. The molecule has 2 amide bonds. The van der Waals surface area contributed by atoms with Crippen LogP contribution in [0.15, 0.2) is 85.1 Å². The van der Waals surface area contributed by atoms with E-state index in [1.54, 1.807) is 55.4 Å². The molecule has 2 aromatic heterocycles. The van der Waals surface area contributed by atoms with E-state index in [1.165, 1.54) is 6.07 Å². The molecule has 3 aliphatic heterocycles. The Bertz CT molecular complexity index is 2140. The van der Waals surface area contributed by atoms with Gasteiger partial charge in [-0.05, 0) is 80.3 Å². The van der Waals surface area contributed by atoms with Crippen molar-refractivity contribution in [3.05, 3.63) is 124 Å². The Balaban J connectivity index is 0.000000212. The predicted molar refractivity (Wildman–Crippen MR) is 204 cm³/mol. The molecular formula is C41H39F2N5O4S. The fraction of sp³-hybridized carbons (Fsp3) is 0.268. The molecule has 0 aliphatic carbocycles. The first-order valence-corrected chi connectivity index (χ1v) is 18.3. The largest absolute Gasteiger partial charge is 0.388 e. The van der Waals surface area contributed by atoms with Gasteiger partial charge in [0.1, 0.15) is 16.5 Å². The first kappa shape index (κ1) is 35.9. The third kappa shape index (κ3) is 7.16. The van der Waals surface area contributed by atoms with Gasteiger partial charge < -0.3 is 25.2 Å². The number of rotatable bonds is 6. The number of aromatic nitrogens is 1. The average molecular weight is 736 g/mol. The van der Waals surface area contributed by atoms with Crippen LogP contribution in [0.2, 0.25) is 0 Å². The predicted octanol–water partition coefficient (Wildman–Crippen LogP) is 8.01. The molecule has 0 atom stereocenters. The minimum atomic E-state index is -0.700. The van der Waals surface area contributed by atoms with E-state index in [0.29, 0.717) is 43.8 Å². The van der Waals surface area contributed by atoms with E-state index in [-0.39, 0.29) is 29.4 Å². The molecule has 2 saturated heterocycles. The normalized spacial score (nSPS) is 15.5. The summed E-state index contributed by atoms with van der Waals surface area (Å²) < 4.78 is 35.3. The Kier molecular flexibility index (Phi) is 10.3. The Morgan fingerprint density at radius 3 is 2.43 bits per heavy atom. The van der Waals surface area contributed by atoms with Crippen LogP contribution < -0.4 is 20.4 Å². The molecule has 12 heteroatoms.